The molecule has 0 saturated carbocycles. The van der Waals surface area contributed by atoms with Crippen molar-refractivity contribution in [2.45, 2.75) is 49.8 Å². The Hall–Kier alpha value is -3.31. The highest BCUT2D eigenvalue weighted by Gasteiger charge is 2.24. The molecule has 0 spiro atoms. The van der Waals surface area contributed by atoms with Gasteiger partial charge in [0.25, 0.3) is 5.56 Å². The van der Waals surface area contributed by atoms with Gasteiger partial charge in [-0.2, -0.15) is 5.26 Å². The van der Waals surface area contributed by atoms with E-state index in [1.54, 1.807) is 25.6 Å². The van der Waals surface area contributed by atoms with E-state index in [1.165, 1.54) is 16.4 Å². The van der Waals surface area contributed by atoms with Gasteiger partial charge in [-0.3, -0.25) is 14.3 Å². The van der Waals surface area contributed by atoms with E-state index in [-0.39, 0.29) is 17.2 Å². The Bertz CT molecular complexity index is 1270. The lowest BCUT2D eigenvalue weighted by atomic mass is 9.95. The van der Waals surface area contributed by atoms with Crippen molar-refractivity contribution in [2.75, 3.05) is 5.32 Å². The van der Waals surface area contributed by atoms with E-state index < -0.39 is 5.25 Å². The molecule has 0 aliphatic heterocycles. The van der Waals surface area contributed by atoms with E-state index in [2.05, 4.69) is 11.4 Å². The maximum atomic E-state index is 13.1. The van der Waals surface area contributed by atoms with Crippen molar-refractivity contribution in [3.05, 3.63) is 69.3 Å². The van der Waals surface area contributed by atoms with Gasteiger partial charge in [0, 0.05) is 12.7 Å². The summed E-state index contributed by atoms with van der Waals surface area (Å²) in [7, 11) is 1.79. The van der Waals surface area contributed by atoms with Crippen LogP contribution in [0.25, 0.3) is 5.69 Å². The van der Waals surface area contributed by atoms with Gasteiger partial charge in [-0.05, 0) is 63.3 Å². The molecular weight excluding hydrogens is 422 g/mol. The van der Waals surface area contributed by atoms with Gasteiger partial charge in [0.15, 0.2) is 0 Å². The second-order valence-corrected chi connectivity index (χ2v) is 9.28. The first kappa shape index (κ1) is 21.9. The Labute approximate surface area is 191 Å². The summed E-state index contributed by atoms with van der Waals surface area (Å²) >= 11 is 1.25. The quantitative estimate of drug-likeness (QED) is 0.602. The summed E-state index contributed by atoms with van der Waals surface area (Å²) in [4.78, 5) is 30.7. The van der Waals surface area contributed by atoms with E-state index >= 15 is 0 Å². The van der Waals surface area contributed by atoms with Gasteiger partial charge >= 0.3 is 0 Å². The number of aryl methyl sites for hydroxylation is 2. The minimum absolute atomic E-state index is 0.257. The molecule has 3 aromatic rings. The third-order valence-corrected chi connectivity index (χ3v) is 6.95. The molecule has 1 unspecified atom stereocenters. The number of benzene rings is 1. The molecule has 1 aliphatic carbocycles. The highest BCUT2D eigenvalue weighted by atomic mass is 32.2. The second kappa shape index (κ2) is 9.05. The predicted octanol–water partition coefficient (Wildman–Crippen LogP) is 3.75. The van der Waals surface area contributed by atoms with Gasteiger partial charge in [0.05, 0.1) is 22.2 Å². The number of hydrogen-bond donors (Lipinski definition) is 1. The molecule has 1 aliphatic rings. The van der Waals surface area contributed by atoms with Gasteiger partial charge in [-0.15, -0.1) is 0 Å². The van der Waals surface area contributed by atoms with Crippen LogP contribution in [-0.2, 0) is 24.7 Å². The molecule has 0 bridgehead atoms. The number of carbonyl (C=O) groups excluding carboxylic acids is 1. The van der Waals surface area contributed by atoms with Crippen LogP contribution in [0.4, 0.5) is 5.69 Å². The normalized spacial score (nSPS) is 13.8. The Kier molecular flexibility index (Phi) is 6.19. The number of rotatable bonds is 5. The van der Waals surface area contributed by atoms with Gasteiger partial charge in [0.2, 0.25) is 5.91 Å². The van der Waals surface area contributed by atoms with Crippen LogP contribution in [0.15, 0.2) is 46.2 Å². The molecule has 0 saturated heterocycles. The SMILES string of the molecule is Cc1c(NC(=O)C(C)Sc2nc3c(cc2C#N)CCCC3)c(=O)n(-c2ccccc2)n1C. The van der Waals surface area contributed by atoms with Crippen LogP contribution in [0.3, 0.4) is 0 Å². The molecular formula is C24H25N5O2S. The van der Waals surface area contributed by atoms with E-state index in [0.29, 0.717) is 16.3 Å². The minimum Gasteiger partial charge on any atom is -0.319 e. The molecule has 4 rings (SSSR count). The largest absolute Gasteiger partial charge is 0.319 e. The number of nitrogens with zero attached hydrogens (tertiary/aromatic N) is 4. The van der Waals surface area contributed by atoms with Crippen molar-refractivity contribution in [3.8, 4) is 11.8 Å². The van der Waals surface area contributed by atoms with Gasteiger partial charge in [0.1, 0.15) is 16.8 Å². The Balaban J connectivity index is 1.57. The first-order valence-corrected chi connectivity index (χ1v) is 11.5. The molecule has 1 N–H and O–H groups in total. The summed E-state index contributed by atoms with van der Waals surface area (Å²) < 4.78 is 3.26. The number of carbonyl (C=O) groups is 1. The number of amides is 1. The topological polar surface area (TPSA) is 92.7 Å². The maximum absolute atomic E-state index is 13.1. The lowest BCUT2D eigenvalue weighted by Gasteiger charge is -2.18. The van der Waals surface area contributed by atoms with Crippen LogP contribution in [0, 0.1) is 18.3 Å². The third-order valence-electron chi connectivity index (χ3n) is 5.85. The fourth-order valence-corrected chi connectivity index (χ4v) is 4.84. The predicted molar refractivity (Wildman–Crippen MR) is 125 cm³/mol. The monoisotopic (exact) mass is 447 g/mol. The van der Waals surface area contributed by atoms with E-state index in [0.717, 1.165) is 42.6 Å². The van der Waals surface area contributed by atoms with Crippen LogP contribution in [0.5, 0.6) is 0 Å². The first-order chi connectivity index (χ1) is 15.4. The molecule has 164 valence electrons. The van der Waals surface area contributed by atoms with Gasteiger partial charge in [-0.1, -0.05) is 30.0 Å². The lowest BCUT2D eigenvalue weighted by molar-refractivity contribution is -0.115. The van der Waals surface area contributed by atoms with Gasteiger partial charge < -0.3 is 5.32 Å². The zero-order chi connectivity index (χ0) is 22.8. The molecule has 32 heavy (non-hydrogen) atoms. The number of hydrogen-bond acceptors (Lipinski definition) is 5. The van der Waals surface area contributed by atoms with Crippen molar-refractivity contribution < 1.29 is 4.79 Å². The smallest absolute Gasteiger partial charge is 0.295 e. The fourth-order valence-electron chi connectivity index (χ4n) is 3.94. The zero-order valence-corrected chi connectivity index (χ0v) is 19.2. The van der Waals surface area contributed by atoms with E-state index in [1.807, 2.05) is 36.4 Å². The number of anilines is 1. The molecule has 2 heterocycles. The van der Waals surface area contributed by atoms with Crippen molar-refractivity contribution in [1.29, 1.82) is 5.26 Å². The van der Waals surface area contributed by atoms with Gasteiger partial charge in [-0.25, -0.2) is 9.67 Å². The standard InChI is InChI=1S/C24H25N5O2S/c1-15-21(24(31)29(28(15)3)19-10-5-4-6-11-19)27-22(30)16(2)32-23-18(14-25)13-17-9-7-8-12-20(17)26-23/h4-6,10-11,13,16H,7-9,12H2,1-3H3,(H,27,30). The minimum atomic E-state index is -0.527. The summed E-state index contributed by atoms with van der Waals surface area (Å²) in [6, 6.07) is 13.4. The summed E-state index contributed by atoms with van der Waals surface area (Å²) in [5, 5.41) is 12.4. The third kappa shape index (κ3) is 4.08. The summed E-state index contributed by atoms with van der Waals surface area (Å²) in [6.45, 7) is 3.56. The Morgan fingerprint density at radius 2 is 1.97 bits per heavy atom. The van der Waals surface area contributed by atoms with Crippen LogP contribution in [-0.4, -0.2) is 25.5 Å². The van der Waals surface area contributed by atoms with Crippen LogP contribution in [0.2, 0.25) is 0 Å². The Morgan fingerprint density at radius 3 is 2.69 bits per heavy atom. The summed E-state index contributed by atoms with van der Waals surface area (Å²) in [5.41, 5.74) is 4.01. The average Bonchev–Trinajstić information content (AvgIpc) is 3.02. The molecule has 2 aromatic heterocycles. The second-order valence-electron chi connectivity index (χ2n) is 7.95. The lowest BCUT2D eigenvalue weighted by Crippen LogP contribution is -2.27. The number of nitriles is 1. The molecule has 0 fully saturated rings. The number of para-hydroxylation sites is 1. The highest BCUT2D eigenvalue weighted by molar-refractivity contribution is 8.00. The number of thioether (sulfide) groups is 1. The summed E-state index contributed by atoms with van der Waals surface area (Å²) in [6.07, 6.45) is 4.05. The Morgan fingerprint density at radius 1 is 1.25 bits per heavy atom. The molecule has 1 amide bonds. The van der Waals surface area contributed by atoms with Crippen LogP contribution >= 0.6 is 11.8 Å². The first-order valence-electron chi connectivity index (χ1n) is 10.6. The molecule has 0 radical (unpaired) electrons. The number of nitrogens with one attached hydrogen (secondary N) is 1. The van der Waals surface area contributed by atoms with E-state index in [4.69, 9.17) is 4.98 Å². The number of fused-ring (bicyclic) bond motifs is 1. The van der Waals surface area contributed by atoms with Crippen molar-refractivity contribution in [1.82, 2.24) is 14.3 Å². The molecule has 1 aromatic carbocycles. The van der Waals surface area contributed by atoms with Crippen molar-refractivity contribution >= 4 is 23.4 Å². The van der Waals surface area contributed by atoms with Crippen LogP contribution in [0.1, 0.15) is 42.3 Å². The number of pyridine rings is 1. The van der Waals surface area contributed by atoms with Crippen molar-refractivity contribution in [3.63, 3.8) is 0 Å². The zero-order valence-electron chi connectivity index (χ0n) is 18.4. The maximum Gasteiger partial charge on any atom is 0.295 e. The molecule has 7 nitrogen and oxygen atoms in total. The average molecular weight is 448 g/mol. The van der Waals surface area contributed by atoms with Crippen LogP contribution < -0.4 is 10.9 Å². The molecule has 1 atom stereocenters. The van der Waals surface area contributed by atoms with E-state index in [9.17, 15) is 14.9 Å². The molecule has 8 heteroatoms. The number of aromatic nitrogens is 3. The highest BCUT2D eigenvalue weighted by Crippen LogP contribution is 2.30. The fraction of sp³-hybridized carbons (Fsp3) is 0.333. The van der Waals surface area contributed by atoms with Crippen molar-refractivity contribution in [2.24, 2.45) is 7.05 Å². The summed E-state index contributed by atoms with van der Waals surface area (Å²) in [5.74, 6) is -0.301.